The molecule has 2 aromatic carbocycles. The molecule has 0 unspecified atom stereocenters. The number of ketones is 1. The molecule has 0 N–H and O–H groups in total. The first-order valence-electron chi connectivity index (χ1n) is 10.3. The summed E-state index contributed by atoms with van der Waals surface area (Å²) in [6, 6.07) is 16.7. The molecule has 0 aromatic heterocycles. The zero-order valence-corrected chi connectivity index (χ0v) is 16.4. The van der Waals surface area contributed by atoms with Crippen molar-refractivity contribution in [1.82, 2.24) is 0 Å². The van der Waals surface area contributed by atoms with E-state index in [1.54, 1.807) is 29.2 Å². The van der Waals surface area contributed by atoms with Gasteiger partial charge >= 0.3 is 5.97 Å². The van der Waals surface area contributed by atoms with Crippen LogP contribution in [0.3, 0.4) is 0 Å². The second-order valence-corrected chi connectivity index (χ2v) is 7.85. The van der Waals surface area contributed by atoms with E-state index in [1.807, 2.05) is 30.3 Å². The Balaban J connectivity index is 1.41. The molecule has 150 valence electrons. The number of ether oxygens (including phenoxy) is 1. The largest absolute Gasteiger partial charge is 0.457 e. The Hall–Kier alpha value is -2.95. The summed E-state index contributed by atoms with van der Waals surface area (Å²) in [5.74, 6) is -0.437. The van der Waals surface area contributed by atoms with E-state index in [0.29, 0.717) is 18.5 Å². The molecule has 1 amide bonds. The first kappa shape index (κ1) is 19.4. The highest BCUT2D eigenvalue weighted by Gasteiger charge is 2.44. The molecule has 5 nitrogen and oxygen atoms in total. The van der Waals surface area contributed by atoms with E-state index < -0.39 is 5.41 Å². The highest BCUT2D eigenvalue weighted by molar-refractivity contribution is 6.00. The quantitative estimate of drug-likeness (QED) is 0.550. The number of hydrogen-bond donors (Lipinski definition) is 0. The summed E-state index contributed by atoms with van der Waals surface area (Å²) in [5.41, 5.74) is 1.61. The van der Waals surface area contributed by atoms with Crippen molar-refractivity contribution in [3.63, 3.8) is 0 Å². The first-order chi connectivity index (χ1) is 14.1. The van der Waals surface area contributed by atoms with Crippen molar-refractivity contribution in [1.29, 1.82) is 0 Å². The summed E-state index contributed by atoms with van der Waals surface area (Å²) >= 11 is 0. The summed E-state index contributed by atoms with van der Waals surface area (Å²) in [7, 11) is 0. The van der Waals surface area contributed by atoms with E-state index in [4.69, 9.17) is 4.74 Å². The second kappa shape index (κ2) is 8.19. The molecule has 0 radical (unpaired) electrons. The van der Waals surface area contributed by atoms with Gasteiger partial charge in [0.15, 0.2) is 12.4 Å². The molecule has 1 saturated carbocycles. The van der Waals surface area contributed by atoms with Crippen molar-refractivity contribution in [2.45, 2.75) is 43.9 Å². The van der Waals surface area contributed by atoms with Gasteiger partial charge in [-0.25, -0.2) is 0 Å². The molecule has 0 spiro atoms. The normalized spacial score (nSPS) is 18.1. The Morgan fingerprint density at radius 3 is 2.24 bits per heavy atom. The van der Waals surface area contributed by atoms with Gasteiger partial charge in [0.1, 0.15) is 0 Å². The van der Waals surface area contributed by atoms with Crippen molar-refractivity contribution in [3.8, 4) is 0 Å². The van der Waals surface area contributed by atoms with E-state index in [2.05, 4.69) is 0 Å². The van der Waals surface area contributed by atoms with Crippen molar-refractivity contribution in [2.24, 2.45) is 0 Å². The van der Waals surface area contributed by atoms with Gasteiger partial charge < -0.3 is 9.64 Å². The van der Waals surface area contributed by atoms with Gasteiger partial charge in [-0.3, -0.25) is 14.4 Å². The molecule has 4 rings (SSSR count). The lowest BCUT2D eigenvalue weighted by Crippen LogP contribution is -2.35. The van der Waals surface area contributed by atoms with Crippen LogP contribution in [0, 0.1) is 0 Å². The van der Waals surface area contributed by atoms with Crippen LogP contribution in [-0.4, -0.2) is 30.8 Å². The van der Waals surface area contributed by atoms with E-state index in [-0.39, 0.29) is 24.3 Å². The minimum atomic E-state index is -0.637. The number of nitrogens with zero attached hydrogens (tertiary/aromatic N) is 1. The number of benzene rings is 2. The lowest BCUT2D eigenvalue weighted by Gasteiger charge is -2.27. The fourth-order valence-electron chi connectivity index (χ4n) is 4.45. The molecule has 1 aliphatic carbocycles. The smallest absolute Gasteiger partial charge is 0.317 e. The predicted octanol–water partition coefficient (Wildman–Crippen LogP) is 4.05. The summed E-state index contributed by atoms with van der Waals surface area (Å²) in [6.07, 6.45) is 4.90. The molecule has 1 saturated heterocycles. The number of carbonyl (C=O) groups is 3. The molecule has 29 heavy (non-hydrogen) atoms. The highest BCUT2D eigenvalue weighted by Crippen LogP contribution is 2.42. The molecule has 2 aromatic rings. The minimum Gasteiger partial charge on any atom is -0.457 e. The Kier molecular flexibility index (Phi) is 5.47. The van der Waals surface area contributed by atoms with Crippen LogP contribution in [0.15, 0.2) is 54.6 Å². The number of rotatable bonds is 6. The van der Waals surface area contributed by atoms with Crippen LogP contribution in [0.4, 0.5) is 5.69 Å². The number of carbonyl (C=O) groups excluding carboxylic acids is 3. The van der Waals surface area contributed by atoms with E-state index in [9.17, 15) is 14.4 Å². The average Bonchev–Trinajstić information content (AvgIpc) is 3.42. The third-order valence-electron chi connectivity index (χ3n) is 6.08. The molecule has 0 bridgehead atoms. The maximum absolute atomic E-state index is 12.9. The topological polar surface area (TPSA) is 63.7 Å². The lowest BCUT2D eigenvalue weighted by atomic mass is 9.79. The lowest BCUT2D eigenvalue weighted by molar-refractivity contribution is -0.149. The summed E-state index contributed by atoms with van der Waals surface area (Å²) in [4.78, 5) is 39.1. The SMILES string of the molecule is O=C(COC(=O)C1(c2ccccc2)CCCC1)c1ccc(N2CCCC2=O)cc1. The van der Waals surface area contributed by atoms with Crippen LogP contribution >= 0.6 is 0 Å². The number of amides is 1. The van der Waals surface area contributed by atoms with Gasteiger partial charge in [-0.05, 0) is 49.1 Å². The van der Waals surface area contributed by atoms with Crippen LogP contribution in [0.25, 0.3) is 0 Å². The molecule has 2 fully saturated rings. The van der Waals surface area contributed by atoms with Crippen LogP contribution in [0.5, 0.6) is 0 Å². The molecule has 5 heteroatoms. The predicted molar refractivity (Wildman–Crippen MR) is 110 cm³/mol. The second-order valence-electron chi connectivity index (χ2n) is 7.85. The maximum Gasteiger partial charge on any atom is 0.317 e. The molecule has 1 aliphatic heterocycles. The fourth-order valence-corrected chi connectivity index (χ4v) is 4.45. The number of Topliss-reactive ketones (excluding diaryl/α,β-unsaturated/α-hetero) is 1. The van der Waals surface area contributed by atoms with E-state index >= 15 is 0 Å². The Labute approximate surface area is 170 Å². The molecule has 2 aliphatic rings. The molecular weight excluding hydrogens is 366 g/mol. The zero-order valence-electron chi connectivity index (χ0n) is 16.4. The average molecular weight is 391 g/mol. The highest BCUT2D eigenvalue weighted by atomic mass is 16.5. The first-order valence-corrected chi connectivity index (χ1v) is 10.3. The van der Waals surface area contributed by atoms with Gasteiger partial charge in [-0.1, -0.05) is 43.2 Å². The number of anilines is 1. The summed E-state index contributed by atoms with van der Waals surface area (Å²) in [5, 5.41) is 0. The van der Waals surface area contributed by atoms with E-state index in [1.165, 1.54) is 0 Å². The summed E-state index contributed by atoms with van der Waals surface area (Å²) in [6.45, 7) is 0.445. The zero-order chi connectivity index (χ0) is 20.3. The van der Waals surface area contributed by atoms with Crippen LogP contribution in [-0.2, 0) is 19.7 Å². The molecule has 1 heterocycles. The number of esters is 1. The minimum absolute atomic E-state index is 0.112. The summed E-state index contributed by atoms with van der Waals surface area (Å²) < 4.78 is 5.49. The third kappa shape index (κ3) is 3.82. The molecule has 0 atom stereocenters. The molecular formula is C24H25NO4. The monoisotopic (exact) mass is 391 g/mol. The van der Waals surface area contributed by atoms with Crippen LogP contribution in [0.1, 0.15) is 54.4 Å². The van der Waals surface area contributed by atoms with Gasteiger partial charge in [0, 0.05) is 24.2 Å². The van der Waals surface area contributed by atoms with Crippen LogP contribution < -0.4 is 4.90 Å². The van der Waals surface area contributed by atoms with Crippen LogP contribution in [0.2, 0.25) is 0 Å². The van der Waals surface area contributed by atoms with Crippen molar-refractivity contribution in [3.05, 3.63) is 65.7 Å². The fraction of sp³-hybridized carbons (Fsp3) is 0.375. The van der Waals surface area contributed by atoms with Gasteiger partial charge in [0.2, 0.25) is 5.91 Å². The van der Waals surface area contributed by atoms with Crippen molar-refractivity contribution in [2.75, 3.05) is 18.1 Å². The van der Waals surface area contributed by atoms with Crippen molar-refractivity contribution < 1.29 is 19.1 Å². The Morgan fingerprint density at radius 2 is 1.62 bits per heavy atom. The van der Waals surface area contributed by atoms with Gasteiger partial charge in [-0.15, -0.1) is 0 Å². The third-order valence-corrected chi connectivity index (χ3v) is 6.08. The maximum atomic E-state index is 12.9. The van der Waals surface area contributed by atoms with Gasteiger partial charge in [-0.2, -0.15) is 0 Å². The van der Waals surface area contributed by atoms with Crippen molar-refractivity contribution >= 4 is 23.3 Å². The standard InChI is InChI=1S/C24H25NO4/c26-21(18-10-12-20(13-11-18)25-16-6-9-22(25)27)17-29-23(28)24(14-4-5-15-24)19-7-2-1-3-8-19/h1-3,7-8,10-13H,4-6,9,14-17H2. The van der Waals surface area contributed by atoms with Gasteiger partial charge in [0.25, 0.3) is 0 Å². The van der Waals surface area contributed by atoms with E-state index in [0.717, 1.165) is 43.4 Å². The van der Waals surface area contributed by atoms with Gasteiger partial charge in [0.05, 0.1) is 5.41 Å². The number of hydrogen-bond acceptors (Lipinski definition) is 4. The Bertz CT molecular complexity index is 898. The Morgan fingerprint density at radius 1 is 0.931 bits per heavy atom.